The van der Waals surface area contributed by atoms with Gasteiger partial charge in [-0.25, -0.2) is 8.42 Å². The number of hydrogen-bond donors (Lipinski definition) is 1. The van der Waals surface area contributed by atoms with Crippen molar-refractivity contribution in [3.05, 3.63) is 47.5 Å². The fraction of sp³-hybridized carbons (Fsp3) is 0.458. The van der Waals surface area contributed by atoms with Crippen molar-refractivity contribution in [1.29, 1.82) is 0 Å². The number of amides is 1. The van der Waals surface area contributed by atoms with Gasteiger partial charge in [-0.1, -0.05) is 32.0 Å². The van der Waals surface area contributed by atoms with Crippen molar-refractivity contribution in [1.82, 2.24) is 4.31 Å². The second-order valence-electron chi connectivity index (χ2n) is 8.40. The van der Waals surface area contributed by atoms with Gasteiger partial charge in [0.15, 0.2) is 0 Å². The molecule has 3 rings (SSSR count). The van der Waals surface area contributed by atoms with Crippen molar-refractivity contribution in [2.75, 3.05) is 32.6 Å². The molecule has 0 bridgehead atoms. The van der Waals surface area contributed by atoms with Crippen LogP contribution in [0.15, 0.2) is 41.3 Å². The van der Waals surface area contributed by atoms with Crippen molar-refractivity contribution in [3.63, 3.8) is 0 Å². The molecule has 2 aromatic rings. The smallest absolute Gasteiger partial charge is 0.246 e. The van der Waals surface area contributed by atoms with Gasteiger partial charge in [-0.05, 0) is 48.9 Å². The SMILES string of the molecule is COc1ccc(OC)c(S(=O)(=O)N2CCCC(C(=O)Nc3c(C)cccc3C(C)C)C2)c1. The lowest BCUT2D eigenvalue weighted by molar-refractivity contribution is -0.120. The Morgan fingerprint density at radius 3 is 2.56 bits per heavy atom. The van der Waals surface area contributed by atoms with Crippen LogP contribution >= 0.6 is 0 Å². The number of carbonyl (C=O) groups excluding carboxylic acids is 1. The van der Waals surface area contributed by atoms with Crippen LogP contribution in [0.25, 0.3) is 0 Å². The molecule has 0 radical (unpaired) electrons. The van der Waals surface area contributed by atoms with Gasteiger partial charge < -0.3 is 14.8 Å². The quantitative estimate of drug-likeness (QED) is 0.670. The number of ether oxygens (including phenoxy) is 2. The highest BCUT2D eigenvalue weighted by molar-refractivity contribution is 7.89. The number of nitrogens with zero attached hydrogens (tertiary/aromatic N) is 1. The number of rotatable bonds is 7. The highest BCUT2D eigenvalue weighted by Gasteiger charge is 2.35. The summed E-state index contributed by atoms with van der Waals surface area (Å²) < 4.78 is 38.7. The third-order valence-corrected chi connectivity index (χ3v) is 7.81. The normalized spacial score (nSPS) is 17.2. The molecule has 1 fully saturated rings. The highest BCUT2D eigenvalue weighted by Crippen LogP contribution is 2.33. The number of methoxy groups -OCH3 is 2. The number of anilines is 1. The van der Waals surface area contributed by atoms with Crippen molar-refractivity contribution < 1.29 is 22.7 Å². The monoisotopic (exact) mass is 460 g/mol. The molecule has 1 aliphatic heterocycles. The van der Waals surface area contributed by atoms with Gasteiger partial charge in [0.1, 0.15) is 16.4 Å². The van der Waals surface area contributed by atoms with Crippen LogP contribution in [0, 0.1) is 12.8 Å². The van der Waals surface area contributed by atoms with Gasteiger partial charge in [0.05, 0.1) is 20.1 Å². The van der Waals surface area contributed by atoms with Gasteiger partial charge in [0.25, 0.3) is 0 Å². The summed E-state index contributed by atoms with van der Waals surface area (Å²) in [6.07, 6.45) is 1.24. The van der Waals surface area contributed by atoms with E-state index in [1.807, 2.05) is 25.1 Å². The second-order valence-corrected chi connectivity index (χ2v) is 10.3. The van der Waals surface area contributed by atoms with Gasteiger partial charge in [-0.3, -0.25) is 4.79 Å². The molecule has 0 aromatic heterocycles. The number of hydrogen-bond acceptors (Lipinski definition) is 5. The van der Waals surface area contributed by atoms with Crippen LogP contribution in [-0.2, 0) is 14.8 Å². The van der Waals surface area contributed by atoms with Gasteiger partial charge >= 0.3 is 0 Å². The first-order valence-corrected chi connectivity index (χ1v) is 12.3. The van der Waals surface area contributed by atoms with E-state index in [1.54, 1.807) is 12.1 Å². The summed E-state index contributed by atoms with van der Waals surface area (Å²) >= 11 is 0. The molecule has 0 spiro atoms. The zero-order valence-electron chi connectivity index (χ0n) is 19.3. The molecule has 1 saturated heterocycles. The van der Waals surface area contributed by atoms with Gasteiger partial charge in [-0.2, -0.15) is 4.31 Å². The van der Waals surface area contributed by atoms with E-state index in [-0.39, 0.29) is 29.0 Å². The molecule has 2 aromatic carbocycles. The van der Waals surface area contributed by atoms with Crippen LogP contribution in [0.2, 0.25) is 0 Å². The van der Waals surface area contributed by atoms with Crippen molar-refractivity contribution in [3.8, 4) is 11.5 Å². The minimum atomic E-state index is -3.86. The molecule has 1 unspecified atom stereocenters. The molecule has 1 heterocycles. The van der Waals surface area contributed by atoms with Crippen LogP contribution in [0.3, 0.4) is 0 Å². The molecule has 1 N–H and O–H groups in total. The van der Waals surface area contributed by atoms with E-state index in [0.717, 1.165) is 16.8 Å². The van der Waals surface area contributed by atoms with Crippen molar-refractivity contribution >= 4 is 21.6 Å². The summed E-state index contributed by atoms with van der Waals surface area (Å²) in [4.78, 5) is 13.2. The average molecular weight is 461 g/mol. The van der Waals surface area contributed by atoms with E-state index in [2.05, 4.69) is 19.2 Å². The molecular weight excluding hydrogens is 428 g/mol. The summed E-state index contributed by atoms with van der Waals surface area (Å²) in [6, 6.07) is 10.6. The fourth-order valence-electron chi connectivity index (χ4n) is 4.07. The summed E-state index contributed by atoms with van der Waals surface area (Å²) in [5.41, 5.74) is 2.88. The van der Waals surface area contributed by atoms with Gasteiger partial charge in [-0.15, -0.1) is 0 Å². The Morgan fingerprint density at radius 2 is 1.91 bits per heavy atom. The van der Waals surface area contributed by atoms with Crippen LogP contribution < -0.4 is 14.8 Å². The van der Waals surface area contributed by atoms with E-state index in [4.69, 9.17) is 9.47 Å². The zero-order chi connectivity index (χ0) is 23.5. The summed E-state index contributed by atoms with van der Waals surface area (Å²) in [7, 11) is -0.943. The number of para-hydroxylation sites is 1. The standard InChI is InChI=1S/C24H32N2O5S/c1-16(2)20-10-6-8-17(3)23(20)25-24(27)18-9-7-13-26(15-18)32(28,29)22-14-19(30-4)11-12-21(22)31-5/h6,8,10-12,14,16,18H,7,9,13,15H2,1-5H3,(H,25,27). The molecule has 0 saturated carbocycles. The Kier molecular flexibility index (Phi) is 7.46. The topological polar surface area (TPSA) is 84.9 Å². The maximum atomic E-state index is 13.4. The molecular formula is C24H32N2O5S. The van der Waals surface area contributed by atoms with E-state index in [9.17, 15) is 13.2 Å². The third-order valence-electron chi connectivity index (χ3n) is 5.92. The molecule has 174 valence electrons. The number of aryl methyl sites for hydroxylation is 1. The van der Waals surface area contributed by atoms with E-state index in [1.165, 1.54) is 24.6 Å². The maximum Gasteiger partial charge on any atom is 0.246 e. The largest absolute Gasteiger partial charge is 0.497 e. The first-order chi connectivity index (χ1) is 15.2. The summed E-state index contributed by atoms with van der Waals surface area (Å²) in [6.45, 7) is 6.61. The van der Waals surface area contributed by atoms with Crippen LogP contribution in [0.5, 0.6) is 11.5 Å². The lowest BCUT2D eigenvalue weighted by Crippen LogP contribution is -2.43. The Bertz CT molecular complexity index is 1080. The molecule has 32 heavy (non-hydrogen) atoms. The fourth-order valence-corrected chi connectivity index (χ4v) is 5.76. The van der Waals surface area contributed by atoms with E-state index >= 15 is 0 Å². The molecule has 7 nitrogen and oxygen atoms in total. The van der Waals surface area contributed by atoms with Gasteiger partial charge in [0, 0.05) is 24.8 Å². The predicted molar refractivity (Wildman–Crippen MR) is 125 cm³/mol. The first-order valence-electron chi connectivity index (χ1n) is 10.8. The number of carbonyl (C=O) groups is 1. The maximum absolute atomic E-state index is 13.4. The Hall–Kier alpha value is -2.58. The van der Waals surface area contributed by atoms with Gasteiger partial charge in [0.2, 0.25) is 15.9 Å². The Labute approximate surface area is 190 Å². The van der Waals surface area contributed by atoms with Crippen LogP contribution in [0.4, 0.5) is 5.69 Å². The molecule has 1 amide bonds. The Morgan fingerprint density at radius 1 is 1.16 bits per heavy atom. The Balaban J connectivity index is 1.84. The highest BCUT2D eigenvalue weighted by atomic mass is 32.2. The molecule has 0 aliphatic carbocycles. The molecule has 1 atom stereocenters. The van der Waals surface area contributed by atoms with E-state index < -0.39 is 15.9 Å². The van der Waals surface area contributed by atoms with Crippen LogP contribution in [0.1, 0.15) is 43.7 Å². The number of nitrogens with one attached hydrogen (secondary N) is 1. The second kappa shape index (κ2) is 9.92. The lowest BCUT2D eigenvalue weighted by Gasteiger charge is -2.32. The minimum absolute atomic E-state index is 0.0430. The number of benzene rings is 2. The van der Waals surface area contributed by atoms with Crippen LogP contribution in [-0.4, -0.2) is 45.9 Å². The predicted octanol–water partition coefficient (Wildman–Crippen LogP) is 4.18. The molecule has 8 heteroatoms. The summed E-state index contributed by atoms with van der Waals surface area (Å²) in [5, 5.41) is 3.08. The average Bonchev–Trinajstić information content (AvgIpc) is 2.79. The van der Waals surface area contributed by atoms with Crippen molar-refractivity contribution in [2.45, 2.75) is 44.4 Å². The summed E-state index contributed by atoms with van der Waals surface area (Å²) in [5.74, 6) is 0.345. The van der Waals surface area contributed by atoms with E-state index in [0.29, 0.717) is 25.1 Å². The number of sulfonamides is 1. The van der Waals surface area contributed by atoms with Crippen molar-refractivity contribution in [2.24, 2.45) is 5.92 Å². The molecule has 1 aliphatic rings. The lowest BCUT2D eigenvalue weighted by atomic mass is 9.95. The first kappa shape index (κ1) is 24.1. The number of piperidine rings is 1. The zero-order valence-corrected chi connectivity index (χ0v) is 20.2. The third kappa shape index (κ3) is 4.91. The minimum Gasteiger partial charge on any atom is -0.497 e.